The van der Waals surface area contributed by atoms with Gasteiger partial charge in [0.25, 0.3) is 0 Å². The Morgan fingerprint density at radius 2 is 0.957 bits per heavy atom. The van der Waals surface area contributed by atoms with Crippen molar-refractivity contribution in [3.05, 3.63) is 217 Å². The van der Waals surface area contributed by atoms with Gasteiger partial charge >= 0.3 is 0 Å². The number of rotatable bonds is 7. The van der Waals surface area contributed by atoms with Crippen molar-refractivity contribution in [3.8, 4) is 73.2 Å². The van der Waals surface area contributed by atoms with Crippen LogP contribution in [0.5, 0.6) is 0 Å². The van der Waals surface area contributed by atoms with Crippen LogP contribution in [0.1, 0.15) is 12.8 Å². The minimum absolute atomic E-state index is 0.573. The number of para-hydroxylation sites is 2. The highest BCUT2D eigenvalue weighted by molar-refractivity contribution is 6.13. The van der Waals surface area contributed by atoms with E-state index in [1.54, 1.807) is 0 Å². The van der Waals surface area contributed by atoms with Gasteiger partial charge < -0.3 is 13.4 Å². The molecular formula is C63H40N4O2. The molecule has 4 heterocycles. The molecule has 13 aromatic rings. The Hall–Kier alpha value is -9.13. The minimum atomic E-state index is 0.573. The highest BCUT2D eigenvalue weighted by atomic mass is 16.3. The van der Waals surface area contributed by atoms with Crippen LogP contribution in [-0.4, -0.2) is 19.5 Å². The fourth-order valence-electron chi connectivity index (χ4n) is 10.4. The number of furan rings is 2. The molecule has 14 rings (SSSR count). The first kappa shape index (κ1) is 39.1. The first-order chi connectivity index (χ1) is 34.2. The third-order valence-electron chi connectivity index (χ3n) is 13.7. The maximum absolute atomic E-state index is 6.63. The third-order valence-corrected chi connectivity index (χ3v) is 13.7. The smallest absolute Gasteiger partial charge is 0.164 e. The number of nitrogens with zero attached hydrogens (tertiary/aromatic N) is 4. The maximum Gasteiger partial charge on any atom is 0.164 e. The van der Waals surface area contributed by atoms with Gasteiger partial charge in [0, 0.05) is 65.4 Å². The summed E-state index contributed by atoms with van der Waals surface area (Å²) < 4.78 is 15.4. The van der Waals surface area contributed by atoms with Gasteiger partial charge in [0.05, 0.1) is 5.52 Å². The molecule has 324 valence electrons. The lowest BCUT2D eigenvalue weighted by atomic mass is 9.98. The molecule has 0 bridgehead atoms. The van der Waals surface area contributed by atoms with Crippen LogP contribution in [0, 0.1) is 0 Å². The van der Waals surface area contributed by atoms with Gasteiger partial charge in [0.15, 0.2) is 17.5 Å². The van der Waals surface area contributed by atoms with Gasteiger partial charge in [0.1, 0.15) is 22.3 Å². The fraction of sp³-hybridized carbons (Fsp3) is 0.0317. The second-order valence-electron chi connectivity index (χ2n) is 17.8. The van der Waals surface area contributed by atoms with Crippen LogP contribution >= 0.6 is 0 Å². The van der Waals surface area contributed by atoms with E-state index in [4.69, 9.17) is 23.8 Å². The summed E-state index contributed by atoms with van der Waals surface area (Å²) in [5.74, 6) is 1.76. The Balaban J connectivity index is 0.894. The summed E-state index contributed by atoms with van der Waals surface area (Å²) in [5, 5.41) is 7.90. The number of benzene rings is 9. The molecule has 1 aliphatic carbocycles. The van der Waals surface area contributed by atoms with Gasteiger partial charge in [-0.3, -0.25) is 0 Å². The van der Waals surface area contributed by atoms with Crippen molar-refractivity contribution in [2.75, 3.05) is 0 Å². The Bertz CT molecular complexity index is 4300. The lowest BCUT2D eigenvalue weighted by Gasteiger charge is -2.11. The number of hydrogen-bond acceptors (Lipinski definition) is 5. The molecule has 9 aromatic carbocycles. The average molecular weight is 885 g/mol. The molecule has 0 N–H and O–H groups in total. The van der Waals surface area contributed by atoms with Gasteiger partial charge in [-0.05, 0) is 89.2 Å². The van der Waals surface area contributed by atoms with Crippen LogP contribution in [0.2, 0.25) is 0 Å². The molecule has 0 saturated heterocycles. The van der Waals surface area contributed by atoms with E-state index in [2.05, 4.69) is 168 Å². The number of fused-ring (bicyclic) bond motifs is 9. The van der Waals surface area contributed by atoms with Crippen molar-refractivity contribution in [1.29, 1.82) is 0 Å². The average Bonchev–Trinajstić information content (AvgIpc) is 4.11. The van der Waals surface area contributed by atoms with Crippen molar-refractivity contribution in [2.24, 2.45) is 0 Å². The predicted molar refractivity (Wildman–Crippen MR) is 281 cm³/mol. The molecule has 6 nitrogen and oxygen atoms in total. The molecule has 4 aromatic heterocycles. The summed E-state index contributed by atoms with van der Waals surface area (Å²) >= 11 is 0. The van der Waals surface area contributed by atoms with Crippen molar-refractivity contribution in [2.45, 2.75) is 12.8 Å². The summed E-state index contributed by atoms with van der Waals surface area (Å²) in [7, 11) is 0. The normalized spacial score (nSPS) is 12.5. The Labute approximate surface area is 396 Å². The highest BCUT2D eigenvalue weighted by Gasteiger charge is 2.21. The van der Waals surface area contributed by atoms with Crippen LogP contribution in [0.15, 0.2) is 215 Å². The highest BCUT2D eigenvalue weighted by Crippen LogP contribution is 2.40. The third kappa shape index (κ3) is 6.52. The largest absolute Gasteiger partial charge is 0.456 e. The van der Waals surface area contributed by atoms with Crippen LogP contribution in [0.3, 0.4) is 0 Å². The maximum atomic E-state index is 6.63. The summed E-state index contributed by atoms with van der Waals surface area (Å²) in [5.41, 5.74) is 15.1. The monoisotopic (exact) mass is 884 g/mol. The molecule has 1 aliphatic rings. The lowest BCUT2D eigenvalue weighted by molar-refractivity contribution is 0.668. The molecule has 0 saturated carbocycles. The van der Waals surface area contributed by atoms with Gasteiger partial charge in [-0.2, -0.15) is 0 Å². The Kier molecular flexibility index (Phi) is 8.92. The zero-order valence-electron chi connectivity index (χ0n) is 37.3. The van der Waals surface area contributed by atoms with E-state index in [1.807, 2.05) is 54.6 Å². The summed E-state index contributed by atoms with van der Waals surface area (Å²) in [6, 6.07) is 72.1. The summed E-state index contributed by atoms with van der Waals surface area (Å²) in [4.78, 5) is 15.5. The molecule has 0 aliphatic heterocycles. The molecule has 0 fully saturated rings. The minimum Gasteiger partial charge on any atom is -0.456 e. The van der Waals surface area contributed by atoms with Crippen LogP contribution in [0.25, 0.3) is 140 Å². The van der Waals surface area contributed by atoms with Gasteiger partial charge in [-0.1, -0.05) is 170 Å². The molecule has 0 radical (unpaired) electrons. The Morgan fingerprint density at radius 3 is 1.80 bits per heavy atom. The van der Waals surface area contributed by atoms with Crippen molar-refractivity contribution in [3.63, 3.8) is 0 Å². The van der Waals surface area contributed by atoms with E-state index >= 15 is 0 Å². The van der Waals surface area contributed by atoms with Gasteiger partial charge in [0.2, 0.25) is 0 Å². The summed E-state index contributed by atoms with van der Waals surface area (Å²) in [6.07, 6.45) is 6.79. The van der Waals surface area contributed by atoms with Gasteiger partial charge in [-0.15, -0.1) is 0 Å². The van der Waals surface area contributed by atoms with Gasteiger partial charge in [-0.25, -0.2) is 15.0 Å². The van der Waals surface area contributed by atoms with E-state index in [0.29, 0.717) is 17.5 Å². The number of aromatic nitrogens is 4. The molecule has 0 atom stereocenters. The molecule has 0 spiro atoms. The van der Waals surface area contributed by atoms with E-state index in [1.165, 1.54) is 43.7 Å². The lowest BCUT2D eigenvalue weighted by Crippen LogP contribution is -2.30. The first-order valence-electron chi connectivity index (χ1n) is 23.5. The molecule has 0 unspecified atom stereocenters. The second-order valence-corrected chi connectivity index (χ2v) is 17.8. The molecule has 0 amide bonds. The van der Waals surface area contributed by atoms with Crippen LogP contribution in [0.4, 0.5) is 0 Å². The van der Waals surface area contributed by atoms with Crippen molar-refractivity contribution < 1.29 is 8.83 Å². The van der Waals surface area contributed by atoms with Crippen molar-refractivity contribution in [1.82, 2.24) is 19.5 Å². The Morgan fingerprint density at radius 1 is 0.362 bits per heavy atom. The van der Waals surface area contributed by atoms with E-state index in [-0.39, 0.29) is 0 Å². The number of hydrogen-bond donors (Lipinski definition) is 0. The van der Waals surface area contributed by atoms with E-state index < -0.39 is 0 Å². The predicted octanol–water partition coefficient (Wildman–Crippen LogP) is 15.0. The zero-order valence-corrected chi connectivity index (χ0v) is 37.3. The fourth-order valence-corrected chi connectivity index (χ4v) is 10.4. The topological polar surface area (TPSA) is 69.9 Å². The molecule has 69 heavy (non-hydrogen) atoms. The van der Waals surface area contributed by atoms with Crippen LogP contribution < -0.4 is 10.6 Å². The standard InChI is InChI=1S/C63H40N4O2/c1-3-14-39(15-4-1)43-18-11-19-44(36-43)45-32-34-55-52(37-45)48-20-7-9-25-54(48)67(55)46-33-35-57-53(38-46)59-51(24-13-27-58(59)68-57)63-65-61(41-16-5-2-6-17-41)64-62(66-63)42-30-28-40(29-31-42)47-22-12-23-50-49-21-8-10-26-56(49)69-60(47)50/h1-6,8,10-38H,7,9H2. The van der Waals surface area contributed by atoms with E-state index in [0.717, 1.165) is 90.2 Å². The van der Waals surface area contributed by atoms with Crippen molar-refractivity contribution >= 4 is 66.9 Å². The molecule has 6 heteroatoms. The zero-order chi connectivity index (χ0) is 45.4. The SMILES string of the molecule is C1=c2c(n(-c3ccc4oc5cccc(-c6nc(-c7ccccc7)nc(-c7ccc(-c8cccc9c8oc8ccccc89)cc7)n6)c5c4c3)c3ccc(-c4cccc(-c5ccccc5)c4)cc23)=CCC1. The quantitative estimate of drug-likeness (QED) is 0.159. The summed E-state index contributed by atoms with van der Waals surface area (Å²) in [6.45, 7) is 0. The molecular weight excluding hydrogens is 845 g/mol. The van der Waals surface area contributed by atoms with Crippen LogP contribution in [-0.2, 0) is 0 Å². The van der Waals surface area contributed by atoms with E-state index in [9.17, 15) is 0 Å². The first-order valence-corrected chi connectivity index (χ1v) is 23.5. The second kappa shape index (κ2) is 15.8.